The topological polar surface area (TPSA) is 34.1 Å². The quantitative estimate of drug-likeness (QED) is 0.430. The van der Waals surface area contributed by atoms with Crippen LogP contribution in [0.5, 0.6) is 0 Å². The van der Waals surface area contributed by atoms with E-state index in [4.69, 9.17) is 9.59 Å². The number of hydrogen-bond acceptors (Lipinski definition) is 2. The van der Waals surface area contributed by atoms with Gasteiger partial charge < -0.3 is 9.59 Å². The molecule has 44 valence electrons. The summed E-state index contributed by atoms with van der Waals surface area (Å²) in [7, 11) is 0. The zero-order valence-corrected chi connectivity index (χ0v) is 3.97. The minimum absolute atomic E-state index is 0. The van der Waals surface area contributed by atoms with Gasteiger partial charge in [0.15, 0.2) is 0 Å². The molecule has 0 amide bonds. The highest BCUT2D eigenvalue weighted by Crippen LogP contribution is 1.13. The van der Waals surface area contributed by atoms with E-state index in [0.29, 0.717) is 0 Å². The minimum atomic E-state index is 0. The molecule has 0 aromatic carbocycles. The van der Waals surface area contributed by atoms with E-state index in [1.165, 1.54) is 13.8 Å². The van der Waals surface area contributed by atoms with Crippen molar-refractivity contribution >= 4 is 12.6 Å². The van der Waals surface area contributed by atoms with Crippen molar-refractivity contribution < 1.29 is 9.59 Å². The van der Waals surface area contributed by atoms with Crippen LogP contribution in [0.2, 0.25) is 0 Å². The summed E-state index contributed by atoms with van der Waals surface area (Å²) in [6.07, 6.45) is 1.50. The number of rotatable bonds is 0. The second-order valence-corrected chi connectivity index (χ2v) is 0.471. The van der Waals surface area contributed by atoms with E-state index in [-0.39, 0.29) is 7.43 Å². The van der Waals surface area contributed by atoms with Crippen molar-refractivity contribution in [2.24, 2.45) is 0 Å². The lowest BCUT2D eigenvalue weighted by atomic mass is 11.0. The highest BCUT2D eigenvalue weighted by atomic mass is 16.1. The van der Waals surface area contributed by atoms with Gasteiger partial charge in [-0.25, -0.2) is 0 Å². The number of carbonyl (C=O) groups is 2. The van der Waals surface area contributed by atoms with Crippen LogP contribution in [0.25, 0.3) is 0 Å². The molecule has 0 N–H and O–H groups in total. The molecule has 2 nitrogen and oxygen atoms in total. The fraction of sp³-hybridized carbons (Fsp3) is 0.600. The average Bonchev–Trinajstić information content (AvgIpc) is 1.39. The summed E-state index contributed by atoms with van der Waals surface area (Å²) in [6, 6.07) is 0. The summed E-state index contributed by atoms with van der Waals surface area (Å²) < 4.78 is 0. The monoisotopic (exact) mass is 104 g/mol. The summed E-state index contributed by atoms with van der Waals surface area (Å²) in [5.41, 5.74) is 0. The molecule has 0 atom stereocenters. The van der Waals surface area contributed by atoms with Gasteiger partial charge in [-0.1, -0.05) is 7.43 Å². The summed E-state index contributed by atoms with van der Waals surface area (Å²) in [6.45, 7) is 2.89. The van der Waals surface area contributed by atoms with Crippen LogP contribution in [0.4, 0.5) is 0 Å². The molecule has 0 bridgehead atoms. The Morgan fingerprint density at radius 2 is 1.00 bits per heavy atom. The minimum Gasteiger partial charge on any atom is -0.304 e. The third kappa shape index (κ3) is 137. The van der Waals surface area contributed by atoms with Crippen LogP contribution in [0, 0.1) is 0 Å². The third-order valence-electron chi connectivity index (χ3n) is 0. The maximum absolute atomic E-state index is 8.81. The molecule has 0 aliphatic heterocycles. The van der Waals surface area contributed by atoms with Gasteiger partial charge in [0.1, 0.15) is 12.6 Å². The number of aldehydes is 2. The predicted molar refractivity (Wildman–Crippen MR) is 30.2 cm³/mol. The standard InChI is InChI=1S/2C2H4O.CH4/c2*1-2-3;/h2*2H,1H3;1H4. The second kappa shape index (κ2) is 56.0. The van der Waals surface area contributed by atoms with Crippen molar-refractivity contribution in [3.05, 3.63) is 0 Å². The maximum atomic E-state index is 8.81. The first-order valence-corrected chi connectivity index (χ1v) is 1.63. The van der Waals surface area contributed by atoms with Crippen LogP contribution in [-0.4, -0.2) is 12.6 Å². The maximum Gasteiger partial charge on any atom is 0.116 e. The first-order valence-electron chi connectivity index (χ1n) is 1.63. The fourth-order valence-corrected chi connectivity index (χ4v) is 0. The molecule has 0 radical (unpaired) electrons. The molecule has 0 fully saturated rings. The van der Waals surface area contributed by atoms with E-state index in [0.717, 1.165) is 12.6 Å². The van der Waals surface area contributed by atoms with E-state index in [9.17, 15) is 0 Å². The average molecular weight is 104 g/mol. The van der Waals surface area contributed by atoms with Crippen molar-refractivity contribution in [3.63, 3.8) is 0 Å². The molecule has 0 unspecified atom stereocenters. The Kier molecular flexibility index (Phi) is 130. The normalized spacial score (nSPS) is 3.71. The van der Waals surface area contributed by atoms with Crippen molar-refractivity contribution in [2.75, 3.05) is 0 Å². The predicted octanol–water partition coefficient (Wildman–Crippen LogP) is 1.05. The molecule has 0 aliphatic rings. The molecule has 2 heteroatoms. The molecule has 0 aliphatic carbocycles. The first kappa shape index (κ1) is 16.2. The van der Waals surface area contributed by atoms with Crippen molar-refractivity contribution in [1.29, 1.82) is 0 Å². The van der Waals surface area contributed by atoms with Crippen LogP contribution in [0.3, 0.4) is 0 Å². The Bertz CT molecular complexity index is 27.1. The SMILES string of the molecule is C.CC=O.CC=O. The molecule has 0 heterocycles. The van der Waals surface area contributed by atoms with Gasteiger partial charge in [0.05, 0.1) is 0 Å². The van der Waals surface area contributed by atoms with Gasteiger partial charge in [0.2, 0.25) is 0 Å². The fourth-order valence-electron chi connectivity index (χ4n) is 0. The molecule has 0 saturated carbocycles. The summed E-state index contributed by atoms with van der Waals surface area (Å²) in [4.78, 5) is 17.6. The molecule has 0 spiro atoms. The van der Waals surface area contributed by atoms with Crippen LogP contribution in [0.15, 0.2) is 0 Å². The van der Waals surface area contributed by atoms with Crippen LogP contribution < -0.4 is 0 Å². The van der Waals surface area contributed by atoms with Gasteiger partial charge >= 0.3 is 0 Å². The molecular weight excluding hydrogens is 92.1 g/mol. The lowest BCUT2D eigenvalue weighted by Crippen LogP contribution is -1.36. The Morgan fingerprint density at radius 3 is 1.00 bits per heavy atom. The Hall–Kier alpha value is -0.660. The van der Waals surface area contributed by atoms with Crippen molar-refractivity contribution in [3.8, 4) is 0 Å². The zero-order valence-electron chi connectivity index (χ0n) is 3.97. The van der Waals surface area contributed by atoms with Gasteiger partial charge in [0.25, 0.3) is 0 Å². The van der Waals surface area contributed by atoms with E-state index in [2.05, 4.69) is 0 Å². The Balaban J connectivity index is -0.0000000400. The van der Waals surface area contributed by atoms with Gasteiger partial charge in [-0.3, -0.25) is 0 Å². The number of hydrogen-bond donors (Lipinski definition) is 0. The molecule has 7 heavy (non-hydrogen) atoms. The van der Waals surface area contributed by atoms with Gasteiger partial charge in [-0.2, -0.15) is 0 Å². The van der Waals surface area contributed by atoms with Crippen LogP contribution in [0.1, 0.15) is 21.3 Å². The highest BCUT2D eigenvalue weighted by Gasteiger charge is 1.24. The molecule has 0 saturated heterocycles. The smallest absolute Gasteiger partial charge is 0.116 e. The van der Waals surface area contributed by atoms with E-state index in [1.807, 2.05) is 0 Å². The molecular formula is C5H12O2. The van der Waals surface area contributed by atoms with Crippen molar-refractivity contribution in [1.82, 2.24) is 0 Å². The largest absolute Gasteiger partial charge is 0.304 e. The van der Waals surface area contributed by atoms with Crippen molar-refractivity contribution in [2.45, 2.75) is 21.3 Å². The second-order valence-electron chi connectivity index (χ2n) is 0.471. The first-order chi connectivity index (χ1) is 2.83. The lowest BCUT2D eigenvalue weighted by molar-refractivity contribution is -0.106. The zero-order chi connectivity index (χ0) is 5.41. The summed E-state index contributed by atoms with van der Waals surface area (Å²) in [5.74, 6) is 0. The highest BCUT2D eigenvalue weighted by molar-refractivity contribution is 5.44. The van der Waals surface area contributed by atoms with E-state index >= 15 is 0 Å². The van der Waals surface area contributed by atoms with Gasteiger partial charge in [0, 0.05) is 0 Å². The van der Waals surface area contributed by atoms with Gasteiger partial charge in [-0.15, -0.1) is 0 Å². The van der Waals surface area contributed by atoms with E-state index in [1.54, 1.807) is 0 Å². The summed E-state index contributed by atoms with van der Waals surface area (Å²) in [5, 5.41) is 0. The number of carbonyl (C=O) groups excluding carboxylic acids is 2. The molecule has 0 rings (SSSR count). The summed E-state index contributed by atoms with van der Waals surface area (Å²) >= 11 is 0. The van der Waals surface area contributed by atoms with Crippen LogP contribution in [-0.2, 0) is 9.59 Å². The Labute approximate surface area is 44.5 Å². The Morgan fingerprint density at radius 1 is 1.00 bits per heavy atom. The van der Waals surface area contributed by atoms with Gasteiger partial charge in [-0.05, 0) is 13.8 Å². The van der Waals surface area contributed by atoms with E-state index < -0.39 is 0 Å². The lowest BCUT2D eigenvalue weighted by Gasteiger charge is -1.24. The van der Waals surface area contributed by atoms with Crippen LogP contribution >= 0.6 is 0 Å². The molecule has 0 aromatic heterocycles. The third-order valence-corrected chi connectivity index (χ3v) is 0. The molecule has 0 aromatic rings.